The SMILES string of the molecule is CCCc1nc(C)n(-c2ccc(OC(C)C)cc2)c(=O)c1Cc1ccc(-c2ccccc2-c2noc(=O)[nH]2)cc1.[Na]. The van der Waals surface area contributed by atoms with E-state index < -0.39 is 5.76 Å². The summed E-state index contributed by atoms with van der Waals surface area (Å²) in [5.74, 6) is 1.20. The average Bonchev–Trinajstić information content (AvgIpc) is 3.38. The molecule has 0 bridgehead atoms. The fourth-order valence-corrected chi connectivity index (χ4v) is 4.88. The van der Waals surface area contributed by atoms with Gasteiger partial charge in [0.15, 0.2) is 5.82 Å². The molecule has 3 aromatic carbocycles. The summed E-state index contributed by atoms with van der Waals surface area (Å²) in [6.45, 7) is 7.93. The standard InChI is InChI=1S/C32H32N4O4.Na/c1-5-8-29-28(31(37)36(21(4)33-29)24-15-17-25(18-16-24)39-20(2)3)19-22-11-13-23(14-12-22)26-9-6-7-10-27(26)30-34-32(38)40-35-30;/h6-7,9-18,20H,5,8,19H2,1-4H3,(H,34,35,38);. The number of nitrogens with zero attached hydrogens (tertiary/aromatic N) is 3. The number of hydrogen-bond donors (Lipinski definition) is 1. The summed E-state index contributed by atoms with van der Waals surface area (Å²) < 4.78 is 12.1. The Morgan fingerprint density at radius 2 is 1.63 bits per heavy atom. The zero-order valence-electron chi connectivity index (χ0n) is 24.1. The van der Waals surface area contributed by atoms with E-state index >= 15 is 0 Å². The van der Waals surface area contributed by atoms with Gasteiger partial charge >= 0.3 is 5.76 Å². The van der Waals surface area contributed by atoms with Gasteiger partial charge in [0.2, 0.25) is 0 Å². The van der Waals surface area contributed by atoms with Crippen LogP contribution in [0.1, 0.15) is 49.8 Å². The van der Waals surface area contributed by atoms with Gasteiger partial charge in [-0.05, 0) is 68.1 Å². The van der Waals surface area contributed by atoms with E-state index in [0.717, 1.165) is 52.2 Å². The third kappa shape index (κ3) is 6.78. The molecule has 205 valence electrons. The van der Waals surface area contributed by atoms with Gasteiger partial charge < -0.3 is 4.74 Å². The molecule has 2 heterocycles. The summed E-state index contributed by atoms with van der Waals surface area (Å²) in [6.07, 6.45) is 2.16. The van der Waals surface area contributed by atoms with Gasteiger partial charge in [0.05, 0.1) is 17.5 Å². The Bertz CT molecular complexity index is 1740. The molecule has 5 aromatic rings. The summed E-state index contributed by atoms with van der Waals surface area (Å²) in [5, 5.41) is 3.85. The fourth-order valence-electron chi connectivity index (χ4n) is 4.88. The van der Waals surface area contributed by atoms with Crippen LogP contribution < -0.4 is 16.1 Å². The molecule has 1 N–H and O–H groups in total. The first-order chi connectivity index (χ1) is 19.3. The van der Waals surface area contributed by atoms with Crippen molar-refractivity contribution in [3.63, 3.8) is 0 Å². The van der Waals surface area contributed by atoms with Crippen molar-refractivity contribution in [2.24, 2.45) is 0 Å². The van der Waals surface area contributed by atoms with E-state index in [1.165, 1.54) is 0 Å². The van der Waals surface area contributed by atoms with Gasteiger partial charge in [-0.15, -0.1) is 0 Å². The van der Waals surface area contributed by atoms with E-state index in [1.807, 2.05) is 93.6 Å². The molecule has 41 heavy (non-hydrogen) atoms. The third-order valence-electron chi connectivity index (χ3n) is 6.65. The van der Waals surface area contributed by atoms with Crippen molar-refractivity contribution < 1.29 is 9.26 Å². The molecule has 9 heteroatoms. The van der Waals surface area contributed by atoms with E-state index in [2.05, 4.69) is 17.1 Å². The van der Waals surface area contributed by atoms with Crippen LogP contribution in [-0.2, 0) is 12.8 Å². The molecule has 0 unspecified atom stereocenters. The van der Waals surface area contributed by atoms with Crippen LogP contribution in [0.15, 0.2) is 86.9 Å². The number of aryl methyl sites for hydroxylation is 2. The Labute approximate surface area is 260 Å². The number of H-pyrrole nitrogens is 1. The van der Waals surface area contributed by atoms with Crippen LogP contribution in [0, 0.1) is 6.92 Å². The maximum absolute atomic E-state index is 13.9. The average molecular weight is 560 g/mol. The number of benzene rings is 3. The Morgan fingerprint density at radius 1 is 0.951 bits per heavy atom. The third-order valence-corrected chi connectivity index (χ3v) is 6.65. The van der Waals surface area contributed by atoms with Crippen LogP contribution in [0.5, 0.6) is 5.75 Å². The van der Waals surface area contributed by atoms with Gasteiger partial charge in [0.25, 0.3) is 5.56 Å². The number of aromatic amines is 1. The Kier molecular flexibility index (Phi) is 9.81. The van der Waals surface area contributed by atoms with Crippen molar-refractivity contribution in [2.75, 3.05) is 0 Å². The molecule has 0 aliphatic rings. The topological polar surface area (TPSA) is 103 Å². The normalized spacial score (nSPS) is 11.0. The molecule has 2 aromatic heterocycles. The molecule has 0 saturated carbocycles. The molecule has 0 spiro atoms. The summed E-state index contributed by atoms with van der Waals surface area (Å²) >= 11 is 0. The number of rotatable bonds is 9. The van der Waals surface area contributed by atoms with Crippen molar-refractivity contribution in [3.05, 3.63) is 116 Å². The summed E-state index contributed by atoms with van der Waals surface area (Å²) in [4.78, 5) is 32.9. The Balaban J connectivity index is 0.00000387. The first-order valence-electron chi connectivity index (χ1n) is 13.5. The van der Waals surface area contributed by atoms with E-state index in [1.54, 1.807) is 4.57 Å². The van der Waals surface area contributed by atoms with Gasteiger partial charge in [-0.1, -0.05) is 67.0 Å². The molecule has 0 aliphatic heterocycles. The molecule has 1 radical (unpaired) electrons. The van der Waals surface area contributed by atoms with Crippen LogP contribution in [0.4, 0.5) is 0 Å². The zero-order chi connectivity index (χ0) is 28.2. The predicted molar refractivity (Wildman–Crippen MR) is 161 cm³/mol. The van der Waals surface area contributed by atoms with Crippen LogP contribution in [0.25, 0.3) is 28.2 Å². The number of nitrogens with one attached hydrogen (secondary N) is 1. The second kappa shape index (κ2) is 13.3. The van der Waals surface area contributed by atoms with Gasteiger partial charge in [0, 0.05) is 47.1 Å². The maximum atomic E-state index is 13.9. The number of ether oxygens (including phenoxy) is 1. The Hall–Kier alpha value is -3.72. The van der Waals surface area contributed by atoms with Gasteiger partial charge in [-0.3, -0.25) is 18.9 Å². The van der Waals surface area contributed by atoms with E-state index in [4.69, 9.17) is 14.2 Å². The van der Waals surface area contributed by atoms with Crippen LogP contribution in [0.2, 0.25) is 0 Å². The molecular formula is C32H32N4NaO4. The molecule has 0 amide bonds. The molecule has 8 nitrogen and oxygen atoms in total. The first kappa shape index (κ1) is 30.2. The quantitative estimate of drug-likeness (QED) is 0.239. The van der Waals surface area contributed by atoms with E-state index in [0.29, 0.717) is 23.6 Å². The number of hydrogen-bond acceptors (Lipinski definition) is 6. The minimum atomic E-state index is -0.597. The number of aromatic nitrogens is 4. The van der Waals surface area contributed by atoms with Crippen LogP contribution >= 0.6 is 0 Å². The van der Waals surface area contributed by atoms with Gasteiger partial charge in [0.1, 0.15) is 11.6 Å². The maximum Gasteiger partial charge on any atom is 0.439 e. The molecular weight excluding hydrogens is 527 g/mol. The van der Waals surface area contributed by atoms with Crippen molar-refractivity contribution in [3.8, 4) is 34.0 Å². The predicted octanol–water partition coefficient (Wildman–Crippen LogP) is 5.50. The minimum absolute atomic E-state index is 0. The monoisotopic (exact) mass is 559 g/mol. The molecule has 0 saturated heterocycles. The van der Waals surface area contributed by atoms with Crippen molar-refractivity contribution in [2.45, 2.75) is 53.1 Å². The first-order valence-corrected chi connectivity index (χ1v) is 13.5. The molecule has 0 atom stereocenters. The summed E-state index contributed by atoms with van der Waals surface area (Å²) in [7, 11) is 0. The Morgan fingerprint density at radius 3 is 2.24 bits per heavy atom. The summed E-state index contributed by atoms with van der Waals surface area (Å²) in [5.41, 5.74) is 5.87. The fraction of sp³-hybridized carbons (Fsp3) is 0.250. The minimum Gasteiger partial charge on any atom is -0.491 e. The second-order valence-corrected chi connectivity index (χ2v) is 10.00. The van der Waals surface area contributed by atoms with E-state index in [-0.39, 0.29) is 41.2 Å². The van der Waals surface area contributed by atoms with E-state index in [9.17, 15) is 9.59 Å². The van der Waals surface area contributed by atoms with Crippen LogP contribution in [-0.4, -0.2) is 55.4 Å². The van der Waals surface area contributed by atoms with Gasteiger partial charge in [-0.25, -0.2) is 9.78 Å². The zero-order valence-corrected chi connectivity index (χ0v) is 26.1. The molecule has 0 fully saturated rings. The van der Waals surface area contributed by atoms with Crippen LogP contribution in [0.3, 0.4) is 0 Å². The smallest absolute Gasteiger partial charge is 0.439 e. The molecule has 5 rings (SSSR count). The summed E-state index contributed by atoms with van der Waals surface area (Å²) in [6, 6.07) is 23.3. The van der Waals surface area contributed by atoms with Crippen molar-refractivity contribution in [1.29, 1.82) is 0 Å². The van der Waals surface area contributed by atoms with Gasteiger partial charge in [-0.2, -0.15) is 0 Å². The largest absolute Gasteiger partial charge is 0.491 e. The van der Waals surface area contributed by atoms with Crippen molar-refractivity contribution >= 4 is 29.6 Å². The second-order valence-electron chi connectivity index (χ2n) is 10.00. The molecule has 0 aliphatic carbocycles. The van der Waals surface area contributed by atoms with Crippen molar-refractivity contribution in [1.82, 2.24) is 19.7 Å².